The molecule has 1 aromatic heterocycles. The minimum atomic E-state index is -0.232. The van der Waals surface area contributed by atoms with Gasteiger partial charge >= 0.3 is 0 Å². The summed E-state index contributed by atoms with van der Waals surface area (Å²) >= 11 is 6.05. The van der Waals surface area contributed by atoms with Crippen LogP contribution in [0.5, 0.6) is 0 Å². The quantitative estimate of drug-likeness (QED) is 0.864. The van der Waals surface area contributed by atoms with Crippen molar-refractivity contribution in [1.29, 1.82) is 0 Å². The van der Waals surface area contributed by atoms with Crippen LogP contribution in [0.2, 0.25) is 5.02 Å². The van der Waals surface area contributed by atoms with Crippen LogP contribution >= 0.6 is 11.6 Å². The van der Waals surface area contributed by atoms with Crippen molar-refractivity contribution in [1.82, 2.24) is 10.3 Å². The van der Waals surface area contributed by atoms with Crippen LogP contribution in [0.25, 0.3) is 0 Å². The number of hydrogen-bond donors (Lipinski definition) is 2. The van der Waals surface area contributed by atoms with Crippen LogP contribution in [-0.4, -0.2) is 23.0 Å². The molecule has 2 N–H and O–H groups in total. The lowest BCUT2D eigenvalue weighted by Crippen LogP contribution is -2.42. The fourth-order valence-electron chi connectivity index (χ4n) is 1.33. The number of carbonyl (C=O) groups is 1. The third-order valence-corrected chi connectivity index (χ3v) is 3.07. The highest BCUT2D eigenvalue weighted by Crippen LogP contribution is 2.20. The summed E-state index contributed by atoms with van der Waals surface area (Å²) in [5.74, 6) is 0.449. The number of carbonyl (C=O) groups excluding carboxylic acids is 1. The number of pyridine rings is 1. The first-order chi connectivity index (χ1) is 8.39. The Labute approximate surface area is 113 Å². The number of halogens is 1. The molecule has 0 saturated heterocycles. The van der Waals surface area contributed by atoms with Crippen LogP contribution < -0.4 is 10.6 Å². The van der Waals surface area contributed by atoms with Gasteiger partial charge in [0.25, 0.3) is 5.91 Å². The van der Waals surface area contributed by atoms with Crippen molar-refractivity contribution in [2.24, 2.45) is 0 Å². The second-order valence-corrected chi connectivity index (χ2v) is 5.18. The number of anilines is 1. The predicted octanol–water partition coefficient (Wildman–Crippen LogP) is 3.09. The van der Waals surface area contributed by atoms with Crippen LogP contribution in [0.1, 0.15) is 44.5 Å². The molecule has 0 atom stereocenters. The molecule has 5 heteroatoms. The Hall–Kier alpha value is -1.29. The highest BCUT2D eigenvalue weighted by Gasteiger charge is 2.19. The van der Waals surface area contributed by atoms with Crippen molar-refractivity contribution < 1.29 is 4.79 Å². The average molecular weight is 270 g/mol. The molecule has 0 bridgehead atoms. The predicted molar refractivity (Wildman–Crippen MR) is 75.2 cm³/mol. The average Bonchev–Trinajstić information content (AvgIpc) is 2.31. The van der Waals surface area contributed by atoms with Gasteiger partial charge in [-0.25, -0.2) is 4.98 Å². The van der Waals surface area contributed by atoms with Gasteiger partial charge in [0.15, 0.2) is 0 Å². The molecule has 0 unspecified atom stereocenters. The van der Waals surface area contributed by atoms with E-state index in [0.29, 0.717) is 16.4 Å². The Morgan fingerprint density at radius 3 is 2.61 bits per heavy atom. The van der Waals surface area contributed by atoms with E-state index in [2.05, 4.69) is 15.6 Å². The van der Waals surface area contributed by atoms with E-state index in [-0.39, 0.29) is 11.4 Å². The highest BCUT2D eigenvalue weighted by molar-refractivity contribution is 6.33. The van der Waals surface area contributed by atoms with E-state index in [1.54, 1.807) is 6.07 Å². The molecule has 1 heterocycles. The molecule has 0 aliphatic carbocycles. The van der Waals surface area contributed by atoms with Crippen molar-refractivity contribution >= 4 is 23.3 Å². The number of nitrogens with one attached hydrogen (secondary N) is 2. The number of nitrogens with zero attached hydrogens (tertiary/aromatic N) is 1. The Balaban J connectivity index is 2.85. The van der Waals surface area contributed by atoms with Crippen LogP contribution in [0.15, 0.2) is 12.3 Å². The van der Waals surface area contributed by atoms with Gasteiger partial charge in [-0.15, -0.1) is 0 Å². The molecule has 4 nitrogen and oxygen atoms in total. The van der Waals surface area contributed by atoms with E-state index in [9.17, 15) is 4.79 Å². The standard InChI is InChI=1S/C13H20ClN3O/c1-5-13(3,4)17-12(18)9-7-10(14)11(15-6-2)16-8-9/h7-8H,5-6H2,1-4H3,(H,15,16)(H,17,18). The van der Waals surface area contributed by atoms with Gasteiger partial charge in [-0.2, -0.15) is 0 Å². The summed E-state index contributed by atoms with van der Waals surface area (Å²) in [5, 5.41) is 6.43. The molecule has 0 radical (unpaired) electrons. The summed E-state index contributed by atoms with van der Waals surface area (Å²) in [6, 6.07) is 1.63. The molecular weight excluding hydrogens is 250 g/mol. The summed E-state index contributed by atoms with van der Waals surface area (Å²) < 4.78 is 0. The molecule has 0 saturated carbocycles. The molecule has 0 fully saturated rings. The highest BCUT2D eigenvalue weighted by atomic mass is 35.5. The van der Waals surface area contributed by atoms with Gasteiger partial charge in [0, 0.05) is 18.3 Å². The molecule has 1 rings (SSSR count). The third-order valence-electron chi connectivity index (χ3n) is 2.78. The zero-order valence-corrected chi connectivity index (χ0v) is 12.1. The monoisotopic (exact) mass is 269 g/mol. The fourth-order valence-corrected chi connectivity index (χ4v) is 1.56. The molecule has 0 spiro atoms. The fraction of sp³-hybridized carbons (Fsp3) is 0.538. The second-order valence-electron chi connectivity index (χ2n) is 4.78. The number of aromatic nitrogens is 1. The van der Waals surface area contributed by atoms with Crippen molar-refractivity contribution in [3.05, 3.63) is 22.8 Å². The summed E-state index contributed by atoms with van der Waals surface area (Å²) in [6.07, 6.45) is 2.39. The Bertz CT molecular complexity index is 432. The lowest BCUT2D eigenvalue weighted by atomic mass is 10.0. The molecule has 0 aromatic carbocycles. The van der Waals surface area contributed by atoms with E-state index in [1.807, 2.05) is 27.7 Å². The Morgan fingerprint density at radius 2 is 2.11 bits per heavy atom. The molecule has 1 aromatic rings. The van der Waals surface area contributed by atoms with E-state index < -0.39 is 0 Å². The molecule has 1 amide bonds. The summed E-state index contributed by atoms with van der Waals surface area (Å²) in [7, 11) is 0. The summed E-state index contributed by atoms with van der Waals surface area (Å²) in [6.45, 7) is 8.68. The maximum atomic E-state index is 12.0. The van der Waals surface area contributed by atoms with Gasteiger partial charge in [0.05, 0.1) is 10.6 Å². The largest absolute Gasteiger partial charge is 0.369 e. The first kappa shape index (κ1) is 14.8. The number of hydrogen-bond acceptors (Lipinski definition) is 3. The number of rotatable bonds is 5. The van der Waals surface area contributed by atoms with E-state index in [4.69, 9.17) is 11.6 Å². The smallest absolute Gasteiger partial charge is 0.253 e. The lowest BCUT2D eigenvalue weighted by Gasteiger charge is -2.24. The molecule has 0 aliphatic rings. The van der Waals surface area contributed by atoms with Gasteiger partial charge in [-0.05, 0) is 33.3 Å². The van der Waals surface area contributed by atoms with E-state index in [1.165, 1.54) is 6.20 Å². The maximum absolute atomic E-state index is 12.0. The van der Waals surface area contributed by atoms with Crippen LogP contribution in [0.3, 0.4) is 0 Å². The zero-order valence-electron chi connectivity index (χ0n) is 11.3. The molecule has 100 valence electrons. The van der Waals surface area contributed by atoms with Gasteiger partial charge in [-0.3, -0.25) is 4.79 Å². The van der Waals surface area contributed by atoms with Crippen molar-refractivity contribution in [2.75, 3.05) is 11.9 Å². The lowest BCUT2D eigenvalue weighted by molar-refractivity contribution is 0.0911. The minimum absolute atomic E-state index is 0.153. The topological polar surface area (TPSA) is 54.0 Å². The molecule has 0 aliphatic heterocycles. The van der Waals surface area contributed by atoms with Gasteiger partial charge < -0.3 is 10.6 Å². The van der Waals surface area contributed by atoms with Crippen molar-refractivity contribution in [2.45, 2.75) is 39.7 Å². The normalized spacial score (nSPS) is 11.2. The van der Waals surface area contributed by atoms with Crippen molar-refractivity contribution in [3.8, 4) is 0 Å². The summed E-state index contributed by atoms with van der Waals surface area (Å²) in [4.78, 5) is 16.2. The molecular formula is C13H20ClN3O. The number of amides is 1. The maximum Gasteiger partial charge on any atom is 0.253 e. The molecule has 18 heavy (non-hydrogen) atoms. The van der Waals surface area contributed by atoms with Gasteiger partial charge in [0.1, 0.15) is 5.82 Å². The van der Waals surface area contributed by atoms with E-state index >= 15 is 0 Å². The van der Waals surface area contributed by atoms with Crippen LogP contribution in [0.4, 0.5) is 5.82 Å². The Kier molecular flexibility index (Phi) is 4.96. The third kappa shape index (κ3) is 3.88. The first-order valence-corrected chi connectivity index (χ1v) is 6.49. The zero-order chi connectivity index (χ0) is 13.8. The van der Waals surface area contributed by atoms with Gasteiger partial charge in [-0.1, -0.05) is 18.5 Å². The van der Waals surface area contributed by atoms with E-state index in [0.717, 1.165) is 13.0 Å². The first-order valence-electron chi connectivity index (χ1n) is 6.11. The second kappa shape index (κ2) is 6.05. The van der Waals surface area contributed by atoms with Gasteiger partial charge in [0.2, 0.25) is 0 Å². The SMILES string of the molecule is CCNc1ncc(C(=O)NC(C)(C)CC)cc1Cl. The van der Waals surface area contributed by atoms with Crippen LogP contribution in [-0.2, 0) is 0 Å². The van der Waals surface area contributed by atoms with Crippen molar-refractivity contribution in [3.63, 3.8) is 0 Å². The Morgan fingerprint density at radius 1 is 1.44 bits per heavy atom. The summed E-state index contributed by atoms with van der Waals surface area (Å²) in [5.41, 5.74) is 0.243. The minimum Gasteiger partial charge on any atom is -0.369 e. The van der Waals surface area contributed by atoms with Crippen LogP contribution in [0, 0.1) is 0 Å².